The van der Waals surface area contributed by atoms with Crippen molar-refractivity contribution in [2.24, 2.45) is 10.9 Å². The van der Waals surface area contributed by atoms with Gasteiger partial charge in [-0.15, -0.1) is 0 Å². The van der Waals surface area contributed by atoms with Gasteiger partial charge in [0.15, 0.2) is 5.84 Å². The number of benzene rings is 1. The number of alkyl halides is 3. The van der Waals surface area contributed by atoms with E-state index in [9.17, 15) is 13.2 Å². The SMILES string of the molecule is CCCN(C)c1ccc(C(F)(F)F)cc1/C(N)=N/O. The van der Waals surface area contributed by atoms with Gasteiger partial charge in [-0.2, -0.15) is 13.2 Å². The van der Waals surface area contributed by atoms with Gasteiger partial charge in [0.05, 0.1) is 5.56 Å². The highest BCUT2D eigenvalue weighted by Crippen LogP contribution is 2.32. The van der Waals surface area contributed by atoms with E-state index in [2.05, 4.69) is 5.16 Å². The molecule has 7 heteroatoms. The number of hydrogen-bond donors (Lipinski definition) is 2. The van der Waals surface area contributed by atoms with Crippen molar-refractivity contribution in [3.8, 4) is 0 Å². The summed E-state index contributed by atoms with van der Waals surface area (Å²) < 4.78 is 38.0. The number of nitrogens with two attached hydrogens (primary N) is 1. The molecular weight excluding hydrogens is 259 g/mol. The summed E-state index contributed by atoms with van der Waals surface area (Å²) in [5, 5.41) is 11.5. The van der Waals surface area contributed by atoms with Crippen LogP contribution >= 0.6 is 0 Å². The Morgan fingerprint density at radius 1 is 1.42 bits per heavy atom. The Morgan fingerprint density at radius 2 is 2.05 bits per heavy atom. The van der Waals surface area contributed by atoms with Gasteiger partial charge in [-0.1, -0.05) is 12.1 Å². The fourth-order valence-electron chi connectivity index (χ4n) is 1.76. The molecule has 0 aliphatic heterocycles. The van der Waals surface area contributed by atoms with Crippen LogP contribution in [0.5, 0.6) is 0 Å². The minimum atomic E-state index is -4.47. The number of anilines is 1. The molecule has 0 unspecified atom stereocenters. The molecule has 4 nitrogen and oxygen atoms in total. The van der Waals surface area contributed by atoms with Gasteiger partial charge < -0.3 is 15.8 Å². The number of nitrogens with zero attached hydrogens (tertiary/aromatic N) is 2. The van der Waals surface area contributed by atoms with Gasteiger partial charge in [-0.25, -0.2) is 0 Å². The van der Waals surface area contributed by atoms with Crippen molar-refractivity contribution < 1.29 is 18.4 Å². The lowest BCUT2D eigenvalue weighted by atomic mass is 10.1. The van der Waals surface area contributed by atoms with Crippen LogP contribution in [0.25, 0.3) is 0 Å². The van der Waals surface area contributed by atoms with Crippen LogP contribution in [-0.4, -0.2) is 24.6 Å². The Bertz CT molecular complexity index is 472. The van der Waals surface area contributed by atoms with E-state index in [1.165, 1.54) is 6.07 Å². The summed E-state index contributed by atoms with van der Waals surface area (Å²) in [5.41, 5.74) is 5.17. The van der Waals surface area contributed by atoms with Gasteiger partial charge >= 0.3 is 6.18 Å². The highest BCUT2D eigenvalue weighted by molar-refractivity contribution is 6.02. The first-order valence-corrected chi connectivity index (χ1v) is 5.71. The first kappa shape index (κ1) is 15.1. The van der Waals surface area contributed by atoms with Gasteiger partial charge in [-0.05, 0) is 24.6 Å². The normalized spacial score (nSPS) is 12.6. The van der Waals surface area contributed by atoms with Crippen LogP contribution in [-0.2, 0) is 6.18 Å². The fourth-order valence-corrected chi connectivity index (χ4v) is 1.76. The van der Waals surface area contributed by atoms with Gasteiger partial charge in [0, 0.05) is 24.8 Å². The topological polar surface area (TPSA) is 61.8 Å². The van der Waals surface area contributed by atoms with Crippen molar-refractivity contribution in [1.82, 2.24) is 0 Å². The van der Waals surface area contributed by atoms with Crippen molar-refractivity contribution in [2.45, 2.75) is 19.5 Å². The molecular formula is C12H16F3N3O. The molecule has 0 radical (unpaired) electrons. The lowest BCUT2D eigenvalue weighted by Gasteiger charge is -2.22. The molecule has 0 fully saturated rings. The molecule has 19 heavy (non-hydrogen) atoms. The predicted octanol–water partition coefficient (Wildman–Crippen LogP) is 2.65. The summed E-state index contributed by atoms with van der Waals surface area (Å²) in [6, 6.07) is 3.19. The van der Waals surface area contributed by atoms with Gasteiger partial charge in [0.2, 0.25) is 0 Å². The number of rotatable bonds is 4. The molecule has 0 aliphatic rings. The van der Waals surface area contributed by atoms with Crippen LogP contribution in [0.4, 0.5) is 18.9 Å². The Labute approximate surface area is 109 Å². The maximum atomic E-state index is 12.7. The molecule has 0 amide bonds. The summed E-state index contributed by atoms with van der Waals surface area (Å²) in [4.78, 5) is 1.76. The quantitative estimate of drug-likeness (QED) is 0.384. The van der Waals surface area contributed by atoms with Crippen LogP contribution in [0.15, 0.2) is 23.4 Å². The van der Waals surface area contributed by atoms with Crippen molar-refractivity contribution in [3.05, 3.63) is 29.3 Å². The van der Waals surface area contributed by atoms with E-state index >= 15 is 0 Å². The highest BCUT2D eigenvalue weighted by Gasteiger charge is 2.31. The lowest BCUT2D eigenvalue weighted by molar-refractivity contribution is -0.137. The largest absolute Gasteiger partial charge is 0.416 e. The molecule has 0 saturated heterocycles. The number of oxime groups is 1. The molecule has 1 rings (SSSR count). The number of hydrogen-bond acceptors (Lipinski definition) is 3. The average molecular weight is 275 g/mol. The third-order valence-electron chi connectivity index (χ3n) is 2.68. The van der Waals surface area contributed by atoms with E-state index in [4.69, 9.17) is 10.9 Å². The Morgan fingerprint density at radius 3 is 2.53 bits per heavy atom. The van der Waals surface area contributed by atoms with Crippen LogP contribution in [0, 0.1) is 0 Å². The summed E-state index contributed by atoms with van der Waals surface area (Å²) >= 11 is 0. The number of halogens is 3. The van der Waals surface area contributed by atoms with E-state index < -0.39 is 11.7 Å². The zero-order valence-electron chi connectivity index (χ0n) is 10.7. The maximum Gasteiger partial charge on any atom is 0.416 e. The van der Waals surface area contributed by atoms with Crippen molar-refractivity contribution >= 4 is 11.5 Å². The monoisotopic (exact) mass is 275 g/mol. The maximum absolute atomic E-state index is 12.7. The van der Waals surface area contributed by atoms with E-state index in [-0.39, 0.29) is 11.4 Å². The molecule has 0 heterocycles. The average Bonchev–Trinajstić information content (AvgIpc) is 2.36. The van der Waals surface area contributed by atoms with E-state index in [1.54, 1.807) is 11.9 Å². The molecule has 0 aliphatic carbocycles. The second-order valence-corrected chi connectivity index (χ2v) is 4.14. The number of amidine groups is 1. The minimum absolute atomic E-state index is 0.0632. The lowest BCUT2D eigenvalue weighted by Crippen LogP contribution is -2.24. The summed E-state index contributed by atoms with van der Waals surface area (Å²) in [5.74, 6) is -0.343. The molecule has 0 atom stereocenters. The van der Waals surface area contributed by atoms with Crippen LogP contribution < -0.4 is 10.6 Å². The van der Waals surface area contributed by atoms with Crippen molar-refractivity contribution in [3.63, 3.8) is 0 Å². The molecule has 0 aromatic heterocycles. The van der Waals surface area contributed by atoms with E-state index in [0.717, 1.165) is 18.6 Å². The summed E-state index contributed by atoms with van der Waals surface area (Å²) in [6.45, 7) is 2.60. The first-order chi connectivity index (χ1) is 8.81. The fraction of sp³-hybridized carbons (Fsp3) is 0.417. The Balaban J connectivity index is 3.33. The molecule has 0 spiro atoms. The minimum Gasteiger partial charge on any atom is -0.409 e. The smallest absolute Gasteiger partial charge is 0.409 e. The molecule has 106 valence electrons. The molecule has 1 aromatic carbocycles. The van der Waals surface area contributed by atoms with Crippen LogP contribution in [0.2, 0.25) is 0 Å². The van der Waals surface area contributed by atoms with Crippen molar-refractivity contribution in [1.29, 1.82) is 0 Å². The first-order valence-electron chi connectivity index (χ1n) is 5.71. The molecule has 0 bridgehead atoms. The molecule has 1 aromatic rings. The summed E-state index contributed by atoms with van der Waals surface area (Å²) in [6.07, 6.45) is -3.64. The van der Waals surface area contributed by atoms with Gasteiger partial charge in [0.25, 0.3) is 0 Å². The van der Waals surface area contributed by atoms with E-state index in [0.29, 0.717) is 12.2 Å². The second-order valence-electron chi connectivity index (χ2n) is 4.14. The second kappa shape index (κ2) is 5.81. The van der Waals surface area contributed by atoms with Crippen LogP contribution in [0.3, 0.4) is 0 Å². The zero-order valence-corrected chi connectivity index (χ0v) is 10.7. The standard InChI is InChI=1S/C12H16F3N3O/c1-3-6-18(2)10-5-4-8(12(13,14)15)7-9(10)11(16)17-19/h4-5,7,19H,3,6H2,1-2H3,(H2,16,17). The van der Waals surface area contributed by atoms with Crippen LogP contribution in [0.1, 0.15) is 24.5 Å². The Hall–Kier alpha value is -1.92. The zero-order chi connectivity index (χ0) is 14.6. The van der Waals surface area contributed by atoms with E-state index in [1.807, 2.05) is 6.92 Å². The molecule has 3 N–H and O–H groups in total. The van der Waals surface area contributed by atoms with Crippen molar-refractivity contribution in [2.75, 3.05) is 18.5 Å². The summed E-state index contributed by atoms with van der Waals surface area (Å²) in [7, 11) is 1.74. The van der Waals surface area contributed by atoms with Gasteiger partial charge in [-0.3, -0.25) is 0 Å². The third kappa shape index (κ3) is 3.52. The highest BCUT2D eigenvalue weighted by atomic mass is 19.4. The Kier molecular flexibility index (Phi) is 4.63. The predicted molar refractivity (Wildman–Crippen MR) is 67.5 cm³/mol. The van der Waals surface area contributed by atoms with Gasteiger partial charge in [0.1, 0.15) is 0 Å². The molecule has 0 saturated carbocycles. The third-order valence-corrected chi connectivity index (χ3v) is 2.68.